The number of amides is 1. The molecular weight excluding hydrogens is 493 g/mol. The van der Waals surface area contributed by atoms with Crippen LogP contribution < -0.4 is 10.1 Å². The molecule has 3 rings (SSSR count). The van der Waals surface area contributed by atoms with Crippen molar-refractivity contribution in [2.24, 2.45) is 0 Å². The van der Waals surface area contributed by atoms with Crippen molar-refractivity contribution in [2.75, 3.05) is 6.54 Å². The summed E-state index contributed by atoms with van der Waals surface area (Å²) in [7, 11) is 0. The van der Waals surface area contributed by atoms with Gasteiger partial charge in [0, 0.05) is 24.7 Å². The molecule has 10 heteroatoms. The highest BCUT2D eigenvalue weighted by atomic mass is 19.4. The predicted molar refractivity (Wildman–Crippen MR) is 126 cm³/mol. The molecule has 0 saturated carbocycles. The number of ether oxygens (including phenoxy) is 1. The zero-order valence-electron chi connectivity index (χ0n) is 20.2. The number of aromatic nitrogens is 1. The number of benzene rings is 2. The quantitative estimate of drug-likeness (QED) is 0.366. The second-order valence-corrected chi connectivity index (χ2v) is 9.04. The van der Waals surface area contributed by atoms with E-state index in [0.29, 0.717) is 11.8 Å². The Morgan fingerprint density at radius 1 is 1.03 bits per heavy atom. The molecule has 5 nitrogen and oxygen atoms in total. The molecule has 0 aliphatic rings. The number of nitrogens with zero attached hydrogens (tertiary/aromatic N) is 2. The summed E-state index contributed by atoms with van der Waals surface area (Å²) in [6.07, 6.45) is -3.95. The Hall–Kier alpha value is -4.00. The van der Waals surface area contributed by atoms with Gasteiger partial charge in [0.15, 0.2) is 5.60 Å². The van der Waals surface area contributed by atoms with Crippen LogP contribution in [-0.4, -0.2) is 23.0 Å². The first-order chi connectivity index (χ1) is 17.3. The second-order valence-electron chi connectivity index (χ2n) is 9.04. The van der Waals surface area contributed by atoms with Crippen molar-refractivity contribution in [3.8, 4) is 11.9 Å². The minimum atomic E-state index is -4.56. The number of carbonyl (C=O) groups is 1. The lowest BCUT2D eigenvalue weighted by Gasteiger charge is -2.29. The molecule has 3 aromatic rings. The number of nitrogens with one attached hydrogen (secondary N) is 1. The molecule has 0 radical (unpaired) electrons. The smallest absolute Gasteiger partial charge is 0.417 e. The monoisotopic (exact) mass is 517 g/mol. The zero-order valence-corrected chi connectivity index (χ0v) is 20.2. The first kappa shape index (κ1) is 27.6. The van der Waals surface area contributed by atoms with Crippen molar-refractivity contribution in [3.63, 3.8) is 0 Å². The average molecular weight is 517 g/mol. The van der Waals surface area contributed by atoms with Gasteiger partial charge in [-0.05, 0) is 67.3 Å². The summed E-state index contributed by atoms with van der Waals surface area (Å²) >= 11 is 0. The molecule has 194 valence electrons. The SMILES string of the molecule is CC(c1ccc(F)cc1)C(CNC(=O)C(C)(C)Oc1ccc(C(F)(F)F)cn1)c1cc(F)cc(C#N)c1. The van der Waals surface area contributed by atoms with Crippen LogP contribution in [0, 0.1) is 23.0 Å². The molecule has 2 aromatic carbocycles. The first-order valence-corrected chi connectivity index (χ1v) is 11.3. The maximum absolute atomic E-state index is 14.2. The fourth-order valence-corrected chi connectivity index (χ4v) is 3.80. The fraction of sp³-hybridized carbons (Fsp3) is 0.296. The molecule has 1 N–H and O–H groups in total. The Morgan fingerprint density at radius 3 is 2.27 bits per heavy atom. The number of pyridine rings is 1. The molecular formula is C27H24F5N3O2. The Kier molecular flexibility index (Phi) is 8.16. The number of hydrogen-bond acceptors (Lipinski definition) is 4. The lowest BCUT2D eigenvalue weighted by Crippen LogP contribution is -2.48. The highest BCUT2D eigenvalue weighted by molar-refractivity contribution is 5.84. The van der Waals surface area contributed by atoms with Gasteiger partial charge in [0.1, 0.15) is 11.6 Å². The molecule has 0 saturated heterocycles. The van der Waals surface area contributed by atoms with Crippen molar-refractivity contribution < 1.29 is 31.5 Å². The highest BCUT2D eigenvalue weighted by Crippen LogP contribution is 2.34. The van der Waals surface area contributed by atoms with E-state index in [9.17, 15) is 32.0 Å². The van der Waals surface area contributed by atoms with E-state index in [1.807, 2.05) is 13.0 Å². The van der Waals surface area contributed by atoms with Crippen LogP contribution in [0.4, 0.5) is 22.0 Å². The van der Waals surface area contributed by atoms with Crippen molar-refractivity contribution in [1.29, 1.82) is 5.26 Å². The predicted octanol–water partition coefficient (Wildman–Crippen LogP) is 6.11. The van der Waals surface area contributed by atoms with E-state index in [1.165, 1.54) is 38.1 Å². The maximum atomic E-state index is 14.2. The van der Waals surface area contributed by atoms with Crippen LogP contribution in [0.1, 0.15) is 54.9 Å². The number of rotatable bonds is 8. The summed E-state index contributed by atoms with van der Waals surface area (Å²) in [4.78, 5) is 16.6. The molecule has 1 amide bonds. The van der Waals surface area contributed by atoms with E-state index >= 15 is 0 Å². The molecule has 1 heterocycles. The molecule has 1 aromatic heterocycles. The van der Waals surface area contributed by atoms with E-state index in [1.54, 1.807) is 12.1 Å². The normalized spacial score (nSPS) is 13.4. The lowest BCUT2D eigenvalue weighted by atomic mass is 9.82. The van der Waals surface area contributed by atoms with Gasteiger partial charge in [0.25, 0.3) is 5.91 Å². The number of alkyl halides is 3. The third-order valence-corrected chi connectivity index (χ3v) is 5.93. The van der Waals surface area contributed by atoms with E-state index < -0.39 is 40.8 Å². The Bertz CT molecular complexity index is 1280. The van der Waals surface area contributed by atoms with Crippen LogP contribution in [0.15, 0.2) is 60.8 Å². The minimum absolute atomic E-state index is 0.00106. The number of carbonyl (C=O) groups excluding carboxylic acids is 1. The topological polar surface area (TPSA) is 75.0 Å². The molecule has 0 aliphatic carbocycles. The van der Waals surface area contributed by atoms with Crippen molar-refractivity contribution >= 4 is 5.91 Å². The van der Waals surface area contributed by atoms with Crippen molar-refractivity contribution in [2.45, 2.75) is 44.4 Å². The Morgan fingerprint density at radius 2 is 1.70 bits per heavy atom. The van der Waals surface area contributed by atoms with Crippen LogP contribution in [0.5, 0.6) is 5.88 Å². The molecule has 0 bridgehead atoms. The second kappa shape index (κ2) is 10.9. The van der Waals surface area contributed by atoms with Crippen LogP contribution in [0.3, 0.4) is 0 Å². The third kappa shape index (κ3) is 7.03. The summed E-state index contributed by atoms with van der Waals surface area (Å²) in [5.41, 5.74) is -1.18. The molecule has 2 unspecified atom stereocenters. The van der Waals surface area contributed by atoms with Gasteiger partial charge in [-0.15, -0.1) is 0 Å². The largest absolute Gasteiger partial charge is 0.462 e. The van der Waals surface area contributed by atoms with Crippen molar-refractivity contribution in [3.05, 3.63) is 94.7 Å². The van der Waals surface area contributed by atoms with Gasteiger partial charge in [-0.1, -0.05) is 19.1 Å². The summed E-state index contributed by atoms with van der Waals surface area (Å²) in [6.45, 7) is 4.68. The zero-order chi connectivity index (χ0) is 27.4. The van der Waals surface area contributed by atoms with E-state index in [4.69, 9.17) is 4.74 Å². The van der Waals surface area contributed by atoms with Crippen molar-refractivity contribution in [1.82, 2.24) is 10.3 Å². The summed E-state index contributed by atoms with van der Waals surface area (Å²) in [5, 5.41) is 12.0. The van der Waals surface area contributed by atoms with Gasteiger partial charge in [-0.3, -0.25) is 4.79 Å². The van der Waals surface area contributed by atoms with Crippen LogP contribution >= 0.6 is 0 Å². The summed E-state index contributed by atoms with van der Waals surface area (Å²) in [5.74, 6) is -2.65. The third-order valence-electron chi connectivity index (χ3n) is 5.93. The highest BCUT2D eigenvalue weighted by Gasteiger charge is 2.34. The Labute approximate surface area is 210 Å². The summed E-state index contributed by atoms with van der Waals surface area (Å²) in [6, 6.07) is 13.4. The van der Waals surface area contributed by atoms with Crippen LogP contribution in [0.25, 0.3) is 0 Å². The minimum Gasteiger partial charge on any atom is -0.462 e. The van der Waals surface area contributed by atoms with E-state index in [-0.39, 0.29) is 23.9 Å². The Balaban J connectivity index is 1.81. The van der Waals surface area contributed by atoms with Crippen LogP contribution in [-0.2, 0) is 11.0 Å². The first-order valence-electron chi connectivity index (χ1n) is 11.3. The van der Waals surface area contributed by atoms with Gasteiger partial charge in [0.05, 0.1) is 17.2 Å². The average Bonchev–Trinajstić information content (AvgIpc) is 2.83. The number of hydrogen-bond donors (Lipinski definition) is 1. The van der Waals surface area contributed by atoms with Gasteiger partial charge < -0.3 is 10.1 Å². The molecule has 37 heavy (non-hydrogen) atoms. The van der Waals surface area contributed by atoms with Gasteiger partial charge in [-0.2, -0.15) is 18.4 Å². The van der Waals surface area contributed by atoms with Crippen LogP contribution in [0.2, 0.25) is 0 Å². The maximum Gasteiger partial charge on any atom is 0.417 e. The van der Waals surface area contributed by atoms with E-state index in [0.717, 1.165) is 23.8 Å². The fourth-order valence-electron chi connectivity index (χ4n) is 3.80. The molecule has 2 atom stereocenters. The summed E-state index contributed by atoms with van der Waals surface area (Å²) < 4.78 is 71.6. The number of halogens is 5. The molecule has 0 spiro atoms. The van der Waals surface area contributed by atoms with Gasteiger partial charge in [-0.25, -0.2) is 13.8 Å². The molecule has 0 fully saturated rings. The number of nitriles is 1. The van der Waals surface area contributed by atoms with Gasteiger partial charge >= 0.3 is 6.18 Å². The lowest BCUT2D eigenvalue weighted by molar-refractivity contribution is -0.138. The standard InChI is InChI=1S/C27H24F5N3O2/c1-16(18-4-7-21(28)8-5-18)23(19-10-17(13-33)11-22(29)12-19)15-35-25(36)26(2,3)37-24-9-6-20(14-34-24)27(30,31)32/h4-12,14,16,23H,15H2,1-3H3,(H,35,36). The molecule has 0 aliphatic heterocycles. The van der Waals surface area contributed by atoms with E-state index in [2.05, 4.69) is 10.3 Å². The van der Waals surface area contributed by atoms with Gasteiger partial charge in [0.2, 0.25) is 5.88 Å².